The van der Waals surface area contributed by atoms with Gasteiger partial charge >= 0.3 is 0 Å². The highest BCUT2D eigenvalue weighted by atomic mass is 16.1. The van der Waals surface area contributed by atoms with Gasteiger partial charge in [-0.2, -0.15) is 0 Å². The number of unbranched alkanes of at least 4 members (excludes halogenated alkanes) is 1. The zero-order valence-electron chi connectivity index (χ0n) is 15.4. The molecule has 1 fully saturated rings. The van der Waals surface area contributed by atoms with Crippen LogP contribution in [0.3, 0.4) is 0 Å². The molecule has 4 rings (SSSR count). The second kappa shape index (κ2) is 7.70. The summed E-state index contributed by atoms with van der Waals surface area (Å²) >= 11 is 0. The SMILES string of the molecule is CCCCc1ccc(C(=O)Nc2cccc(-c3nnnn3C3CC3)c2)cc1. The molecule has 1 saturated carbocycles. The second-order valence-corrected chi connectivity index (χ2v) is 7.01. The number of rotatable bonds is 7. The number of amides is 1. The summed E-state index contributed by atoms with van der Waals surface area (Å²) in [6.07, 6.45) is 5.61. The molecule has 2 aromatic carbocycles. The van der Waals surface area contributed by atoms with E-state index in [0.717, 1.165) is 36.3 Å². The number of aryl methyl sites for hydroxylation is 1. The lowest BCUT2D eigenvalue weighted by Crippen LogP contribution is -2.12. The molecule has 1 aliphatic carbocycles. The van der Waals surface area contributed by atoms with E-state index in [-0.39, 0.29) is 5.91 Å². The van der Waals surface area contributed by atoms with Crippen LogP contribution in [0.15, 0.2) is 48.5 Å². The van der Waals surface area contributed by atoms with Crippen molar-refractivity contribution in [1.82, 2.24) is 20.2 Å². The molecule has 0 unspecified atom stereocenters. The first-order valence-electron chi connectivity index (χ1n) is 9.53. The fraction of sp³-hybridized carbons (Fsp3) is 0.333. The largest absolute Gasteiger partial charge is 0.322 e. The van der Waals surface area contributed by atoms with Crippen molar-refractivity contribution >= 4 is 11.6 Å². The Morgan fingerprint density at radius 3 is 2.74 bits per heavy atom. The van der Waals surface area contributed by atoms with Crippen LogP contribution in [0.2, 0.25) is 0 Å². The van der Waals surface area contributed by atoms with E-state index in [0.29, 0.717) is 11.6 Å². The maximum Gasteiger partial charge on any atom is 0.255 e. The van der Waals surface area contributed by atoms with E-state index in [9.17, 15) is 4.79 Å². The molecular weight excluding hydrogens is 338 g/mol. The Morgan fingerprint density at radius 1 is 1.19 bits per heavy atom. The van der Waals surface area contributed by atoms with Gasteiger partial charge in [-0.25, -0.2) is 4.68 Å². The molecular formula is C21H23N5O. The average molecular weight is 361 g/mol. The number of nitrogens with one attached hydrogen (secondary N) is 1. The van der Waals surface area contributed by atoms with Crippen molar-refractivity contribution in [3.8, 4) is 11.4 Å². The minimum Gasteiger partial charge on any atom is -0.322 e. The summed E-state index contributed by atoms with van der Waals surface area (Å²) in [5, 5.41) is 15.0. The minimum absolute atomic E-state index is 0.115. The number of carbonyl (C=O) groups excluding carboxylic acids is 1. The van der Waals surface area contributed by atoms with Gasteiger partial charge in [0.25, 0.3) is 5.91 Å². The van der Waals surface area contributed by atoms with E-state index in [1.807, 2.05) is 53.2 Å². The third-order valence-electron chi connectivity index (χ3n) is 4.80. The molecule has 0 saturated heterocycles. The van der Waals surface area contributed by atoms with Crippen molar-refractivity contribution in [2.75, 3.05) is 5.32 Å². The fourth-order valence-corrected chi connectivity index (χ4v) is 3.09. The van der Waals surface area contributed by atoms with Gasteiger partial charge in [0.1, 0.15) is 0 Å². The van der Waals surface area contributed by atoms with E-state index in [2.05, 4.69) is 27.8 Å². The van der Waals surface area contributed by atoms with E-state index >= 15 is 0 Å². The number of nitrogens with zero attached hydrogens (tertiary/aromatic N) is 4. The summed E-state index contributed by atoms with van der Waals surface area (Å²) in [4.78, 5) is 12.6. The van der Waals surface area contributed by atoms with Gasteiger partial charge in [-0.15, -0.1) is 5.10 Å². The van der Waals surface area contributed by atoms with Crippen LogP contribution in [-0.2, 0) is 6.42 Å². The first-order valence-corrected chi connectivity index (χ1v) is 9.53. The van der Waals surface area contributed by atoms with Crippen molar-refractivity contribution in [2.45, 2.75) is 45.1 Å². The van der Waals surface area contributed by atoms with Gasteiger partial charge in [-0.3, -0.25) is 4.79 Å². The van der Waals surface area contributed by atoms with Crippen molar-refractivity contribution in [2.24, 2.45) is 0 Å². The van der Waals surface area contributed by atoms with Gasteiger partial charge in [-0.1, -0.05) is 37.6 Å². The zero-order valence-corrected chi connectivity index (χ0v) is 15.4. The number of hydrogen-bond acceptors (Lipinski definition) is 4. The quantitative estimate of drug-likeness (QED) is 0.682. The highest BCUT2D eigenvalue weighted by molar-refractivity contribution is 6.04. The summed E-state index contributed by atoms with van der Waals surface area (Å²) in [7, 11) is 0. The fourth-order valence-electron chi connectivity index (χ4n) is 3.09. The Bertz CT molecular complexity index is 928. The highest BCUT2D eigenvalue weighted by Gasteiger charge is 2.28. The lowest BCUT2D eigenvalue weighted by atomic mass is 10.1. The van der Waals surface area contributed by atoms with Gasteiger partial charge < -0.3 is 5.32 Å². The maximum atomic E-state index is 12.6. The Kier molecular flexibility index (Phi) is 4.96. The van der Waals surface area contributed by atoms with Gasteiger partial charge in [0.2, 0.25) is 0 Å². The van der Waals surface area contributed by atoms with Crippen LogP contribution >= 0.6 is 0 Å². The van der Waals surface area contributed by atoms with Crippen LogP contribution in [-0.4, -0.2) is 26.1 Å². The number of carbonyl (C=O) groups is 1. The lowest BCUT2D eigenvalue weighted by Gasteiger charge is -2.08. The van der Waals surface area contributed by atoms with Gasteiger partial charge in [0.05, 0.1) is 6.04 Å². The molecule has 27 heavy (non-hydrogen) atoms. The van der Waals surface area contributed by atoms with Crippen LogP contribution in [0.4, 0.5) is 5.69 Å². The summed E-state index contributed by atoms with van der Waals surface area (Å²) < 4.78 is 1.87. The highest BCUT2D eigenvalue weighted by Crippen LogP contribution is 2.36. The smallest absolute Gasteiger partial charge is 0.255 e. The molecule has 0 aliphatic heterocycles. The Labute approximate surface area is 158 Å². The maximum absolute atomic E-state index is 12.6. The number of aromatic nitrogens is 4. The standard InChI is InChI=1S/C21H23N5O/c1-2-3-5-15-8-10-16(11-9-15)21(27)22-18-7-4-6-17(14-18)20-23-24-25-26(20)19-12-13-19/h4,6-11,14,19H,2-3,5,12-13H2,1H3,(H,22,27). The first-order chi connectivity index (χ1) is 13.2. The van der Waals surface area contributed by atoms with E-state index in [1.54, 1.807) is 0 Å². The van der Waals surface area contributed by atoms with Gasteiger partial charge in [0.15, 0.2) is 5.82 Å². The molecule has 1 aliphatic rings. The summed E-state index contributed by atoms with van der Waals surface area (Å²) in [6, 6.07) is 15.9. The van der Waals surface area contributed by atoms with Crippen LogP contribution < -0.4 is 5.32 Å². The monoisotopic (exact) mass is 361 g/mol. The van der Waals surface area contributed by atoms with Gasteiger partial charge in [-0.05, 0) is 65.9 Å². The number of tetrazole rings is 1. The van der Waals surface area contributed by atoms with E-state index in [4.69, 9.17) is 0 Å². The molecule has 1 N–H and O–H groups in total. The molecule has 1 heterocycles. The van der Waals surface area contributed by atoms with Gasteiger partial charge in [0, 0.05) is 16.8 Å². The van der Waals surface area contributed by atoms with Crippen LogP contribution in [0, 0.1) is 0 Å². The molecule has 0 radical (unpaired) electrons. The third kappa shape index (κ3) is 4.05. The summed E-state index contributed by atoms with van der Waals surface area (Å²) in [6.45, 7) is 2.18. The molecule has 0 bridgehead atoms. The Morgan fingerprint density at radius 2 is 2.00 bits per heavy atom. The second-order valence-electron chi connectivity index (χ2n) is 7.01. The molecule has 0 spiro atoms. The lowest BCUT2D eigenvalue weighted by molar-refractivity contribution is 0.102. The molecule has 1 aromatic heterocycles. The molecule has 6 nitrogen and oxygen atoms in total. The molecule has 138 valence electrons. The summed E-state index contributed by atoms with van der Waals surface area (Å²) in [5.41, 5.74) is 3.56. The van der Waals surface area contributed by atoms with Crippen molar-refractivity contribution in [3.05, 3.63) is 59.7 Å². The van der Waals surface area contributed by atoms with E-state index < -0.39 is 0 Å². The van der Waals surface area contributed by atoms with Crippen molar-refractivity contribution in [1.29, 1.82) is 0 Å². The molecule has 6 heteroatoms. The normalized spacial score (nSPS) is 13.5. The van der Waals surface area contributed by atoms with Crippen LogP contribution in [0.1, 0.15) is 54.6 Å². The average Bonchev–Trinajstić information content (AvgIpc) is 3.43. The van der Waals surface area contributed by atoms with Crippen LogP contribution in [0.25, 0.3) is 11.4 Å². The molecule has 1 amide bonds. The number of anilines is 1. The predicted octanol–water partition coefficient (Wildman–Crippen LogP) is 4.27. The molecule has 3 aromatic rings. The molecule has 0 atom stereocenters. The van der Waals surface area contributed by atoms with E-state index in [1.165, 1.54) is 18.4 Å². The Balaban J connectivity index is 1.48. The topological polar surface area (TPSA) is 72.7 Å². The summed E-state index contributed by atoms with van der Waals surface area (Å²) in [5.74, 6) is 0.629. The number of benzene rings is 2. The Hall–Kier alpha value is -3.02. The van der Waals surface area contributed by atoms with Crippen molar-refractivity contribution < 1.29 is 4.79 Å². The predicted molar refractivity (Wildman–Crippen MR) is 105 cm³/mol. The third-order valence-corrected chi connectivity index (χ3v) is 4.80. The number of hydrogen-bond donors (Lipinski definition) is 1. The van der Waals surface area contributed by atoms with Crippen molar-refractivity contribution in [3.63, 3.8) is 0 Å². The minimum atomic E-state index is -0.115. The van der Waals surface area contributed by atoms with Crippen LogP contribution in [0.5, 0.6) is 0 Å². The zero-order chi connectivity index (χ0) is 18.6. The first kappa shape index (κ1) is 17.4.